The van der Waals surface area contributed by atoms with E-state index in [-0.39, 0.29) is 5.91 Å². The van der Waals surface area contributed by atoms with Crippen LogP contribution in [0.15, 0.2) is 50.8 Å². The molecule has 0 radical (unpaired) electrons. The van der Waals surface area contributed by atoms with E-state index in [1.54, 1.807) is 25.2 Å². The number of nitrogens with zero attached hydrogens (tertiary/aromatic N) is 2. The van der Waals surface area contributed by atoms with Crippen LogP contribution < -0.4 is 9.47 Å². The normalized spacial score (nSPS) is 16.8. The summed E-state index contributed by atoms with van der Waals surface area (Å²) in [5, 5.41) is 0.690. The van der Waals surface area contributed by atoms with Crippen LogP contribution in [-0.4, -0.2) is 36.7 Å². The molecule has 1 fully saturated rings. The Morgan fingerprint density at radius 3 is 2.40 bits per heavy atom. The van der Waals surface area contributed by atoms with Crippen molar-refractivity contribution in [2.75, 3.05) is 20.8 Å². The van der Waals surface area contributed by atoms with Gasteiger partial charge in [-0.2, -0.15) is 0 Å². The zero-order valence-electron chi connectivity index (χ0n) is 17.7. The number of amides is 1. The van der Waals surface area contributed by atoms with Gasteiger partial charge in [-0.15, -0.1) is 0 Å². The van der Waals surface area contributed by atoms with Crippen LogP contribution in [0.3, 0.4) is 0 Å². The molecule has 1 aliphatic rings. The number of aliphatic imine (C=N–C) groups is 1. The number of thioether (sulfide) groups is 1. The van der Waals surface area contributed by atoms with Gasteiger partial charge in [0, 0.05) is 18.2 Å². The van der Waals surface area contributed by atoms with Crippen LogP contribution in [-0.2, 0) is 4.79 Å². The number of hydrogen-bond acceptors (Lipinski definition) is 5. The van der Waals surface area contributed by atoms with Gasteiger partial charge in [0.25, 0.3) is 5.91 Å². The van der Waals surface area contributed by atoms with Crippen LogP contribution in [0.2, 0.25) is 0 Å². The van der Waals surface area contributed by atoms with E-state index in [0.717, 1.165) is 15.7 Å². The van der Waals surface area contributed by atoms with Crippen LogP contribution >= 0.6 is 27.7 Å². The first-order valence-corrected chi connectivity index (χ1v) is 11.2. The Balaban J connectivity index is 2.01. The van der Waals surface area contributed by atoms with Crippen molar-refractivity contribution in [3.05, 3.63) is 56.9 Å². The van der Waals surface area contributed by atoms with E-state index in [1.807, 2.05) is 43.3 Å². The summed E-state index contributed by atoms with van der Waals surface area (Å²) in [7, 11) is 3.20. The summed E-state index contributed by atoms with van der Waals surface area (Å²) in [4.78, 5) is 20.3. The lowest BCUT2D eigenvalue weighted by Gasteiger charge is -2.17. The third kappa shape index (κ3) is 5.08. The molecule has 3 rings (SSSR count). The maximum atomic E-state index is 13.2. The predicted molar refractivity (Wildman–Crippen MR) is 128 cm³/mol. The molecule has 1 amide bonds. The van der Waals surface area contributed by atoms with Crippen LogP contribution in [0.25, 0.3) is 6.08 Å². The second-order valence-corrected chi connectivity index (χ2v) is 9.24. The number of halogens is 1. The fraction of sp³-hybridized carbons (Fsp3) is 0.304. The van der Waals surface area contributed by atoms with E-state index in [4.69, 9.17) is 14.5 Å². The number of carbonyl (C=O) groups is 1. The second-order valence-electron chi connectivity index (χ2n) is 7.38. The SMILES string of the molecule is COc1cc(OC)c(/C=C2/SC(=Nc3ccc(C)cc3)N(CC(C)C)C2=O)cc1Br. The minimum atomic E-state index is -0.0476. The van der Waals surface area contributed by atoms with Crippen LogP contribution in [0.4, 0.5) is 5.69 Å². The van der Waals surface area contributed by atoms with E-state index in [9.17, 15) is 4.79 Å². The molecule has 0 spiro atoms. The highest BCUT2D eigenvalue weighted by molar-refractivity contribution is 9.10. The van der Waals surface area contributed by atoms with Crippen LogP contribution in [0.1, 0.15) is 25.0 Å². The number of amidine groups is 1. The van der Waals surface area contributed by atoms with Crippen LogP contribution in [0.5, 0.6) is 11.5 Å². The highest BCUT2D eigenvalue weighted by Crippen LogP contribution is 2.38. The third-order valence-electron chi connectivity index (χ3n) is 4.49. The maximum Gasteiger partial charge on any atom is 0.266 e. The molecule has 0 aromatic heterocycles. The summed E-state index contributed by atoms with van der Waals surface area (Å²) in [6.45, 7) is 6.83. The first kappa shape index (κ1) is 22.4. The monoisotopic (exact) mass is 488 g/mol. The van der Waals surface area contributed by atoms with Crippen molar-refractivity contribution < 1.29 is 14.3 Å². The lowest BCUT2D eigenvalue weighted by Crippen LogP contribution is -2.32. The molecular formula is C23H25BrN2O3S. The van der Waals surface area contributed by atoms with Gasteiger partial charge in [0.15, 0.2) is 5.17 Å². The van der Waals surface area contributed by atoms with Gasteiger partial charge in [0.05, 0.1) is 29.3 Å². The molecular weight excluding hydrogens is 464 g/mol. The standard InChI is InChI=1S/C23H25BrN2O3S/c1-14(2)13-26-22(27)21(30-23(26)25-17-8-6-15(3)7-9-17)11-16-10-18(24)20(29-5)12-19(16)28-4/h6-12,14H,13H2,1-5H3/b21-11+,25-23?. The van der Waals surface area contributed by atoms with Crippen molar-refractivity contribution in [1.29, 1.82) is 0 Å². The van der Waals surface area contributed by atoms with E-state index >= 15 is 0 Å². The summed E-state index contributed by atoms with van der Waals surface area (Å²) in [6, 6.07) is 11.7. The Bertz CT molecular complexity index is 1000. The minimum absolute atomic E-state index is 0.0476. The average molecular weight is 489 g/mol. The summed E-state index contributed by atoms with van der Waals surface area (Å²) >= 11 is 4.89. The van der Waals surface area contributed by atoms with E-state index < -0.39 is 0 Å². The van der Waals surface area contributed by atoms with Gasteiger partial charge in [0.2, 0.25) is 0 Å². The van der Waals surface area contributed by atoms with Gasteiger partial charge in [-0.25, -0.2) is 4.99 Å². The first-order valence-electron chi connectivity index (χ1n) is 9.60. The Kier molecular flexibility index (Phi) is 7.26. The lowest BCUT2D eigenvalue weighted by atomic mass is 10.1. The molecule has 2 aromatic rings. The van der Waals surface area contributed by atoms with Gasteiger partial charge >= 0.3 is 0 Å². The second kappa shape index (κ2) is 9.71. The van der Waals surface area contributed by atoms with Gasteiger partial charge in [0.1, 0.15) is 11.5 Å². The van der Waals surface area contributed by atoms with Crippen molar-refractivity contribution in [2.24, 2.45) is 10.9 Å². The van der Waals surface area contributed by atoms with Crippen molar-refractivity contribution in [3.8, 4) is 11.5 Å². The summed E-state index contributed by atoms with van der Waals surface area (Å²) in [6.07, 6.45) is 1.85. The number of hydrogen-bond donors (Lipinski definition) is 0. The highest BCUT2D eigenvalue weighted by atomic mass is 79.9. The summed E-state index contributed by atoms with van der Waals surface area (Å²) in [5.41, 5.74) is 2.80. The molecule has 0 bridgehead atoms. The fourth-order valence-corrected chi connectivity index (χ4v) is 4.51. The molecule has 0 N–H and O–H groups in total. The first-order chi connectivity index (χ1) is 14.3. The Hall–Kier alpha value is -2.25. The molecule has 0 saturated carbocycles. The number of aryl methyl sites for hydroxylation is 1. The number of methoxy groups -OCH3 is 2. The van der Waals surface area contributed by atoms with Crippen LogP contribution in [0, 0.1) is 12.8 Å². The minimum Gasteiger partial charge on any atom is -0.496 e. The molecule has 30 heavy (non-hydrogen) atoms. The quantitative estimate of drug-likeness (QED) is 0.465. The van der Waals surface area contributed by atoms with Gasteiger partial charge < -0.3 is 9.47 Å². The number of carbonyl (C=O) groups excluding carboxylic acids is 1. The largest absolute Gasteiger partial charge is 0.496 e. The van der Waals surface area contributed by atoms with Crippen molar-refractivity contribution in [3.63, 3.8) is 0 Å². The molecule has 1 heterocycles. The van der Waals surface area contributed by atoms with Gasteiger partial charge in [-0.05, 0) is 64.8 Å². The Labute approximate surface area is 190 Å². The predicted octanol–water partition coefficient (Wildman–Crippen LogP) is 6.03. The number of benzene rings is 2. The molecule has 5 nitrogen and oxygen atoms in total. The molecule has 1 saturated heterocycles. The number of rotatable bonds is 6. The topological polar surface area (TPSA) is 51.1 Å². The molecule has 7 heteroatoms. The lowest BCUT2D eigenvalue weighted by molar-refractivity contribution is -0.122. The van der Waals surface area contributed by atoms with E-state index in [2.05, 4.69) is 29.8 Å². The van der Waals surface area contributed by atoms with Crippen molar-refractivity contribution in [1.82, 2.24) is 4.90 Å². The zero-order valence-corrected chi connectivity index (χ0v) is 20.1. The molecule has 0 unspecified atom stereocenters. The molecule has 0 aliphatic carbocycles. The van der Waals surface area contributed by atoms with E-state index in [0.29, 0.717) is 34.0 Å². The average Bonchev–Trinajstić information content (AvgIpc) is 2.98. The molecule has 2 aromatic carbocycles. The fourth-order valence-electron chi connectivity index (χ4n) is 2.98. The highest BCUT2D eigenvalue weighted by Gasteiger charge is 2.34. The van der Waals surface area contributed by atoms with Gasteiger partial charge in [-0.1, -0.05) is 31.5 Å². The smallest absolute Gasteiger partial charge is 0.266 e. The van der Waals surface area contributed by atoms with Crippen molar-refractivity contribution >= 4 is 50.5 Å². The summed E-state index contributed by atoms with van der Waals surface area (Å²) in [5.74, 6) is 1.58. The molecule has 0 atom stereocenters. The van der Waals surface area contributed by atoms with Gasteiger partial charge in [-0.3, -0.25) is 9.69 Å². The van der Waals surface area contributed by atoms with E-state index in [1.165, 1.54) is 17.3 Å². The summed E-state index contributed by atoms with van der Waals surface area (Å²) < 4.78 is 11.6. The maximum absolute atomic E-state index is 13.2. The van der Waals surface area contributed by atoms with Crippen molar-refractivity contribution in [2.45, 2.75) is 20.8 Å². The zero-order chi connectivity index (χ0) is 21.8. The third-order valence-corrected chi connectivity index (χ3v) is 6.11. The Morgan fingerprint density at radius 1 is 1.13 bits per heavy atom. The molecule has 158 valence electrons. The molecule has 1 aliphatic heterocycles. The number of ether oxygens (including phenoxy) is 2. The Morgan fingerprint density at radius 2 is 1.80 bits per heavy atom.